The molecule has 0 aliphatic carbocycles. The van der Waals surface area contributed by atoms with E-state index in [2.05, 4.69) is 38.1 Å². The first-order chi connectivity index (χ1) is 8.61. The molecule has 0 aliphatic heterocycles. The van der Waals surface area contributed by atoms with Crippen molar-refractivity contribution in [1.82, 2.24) is 0 Å². The Labute approximate surface area is 111 Å². The highest BCUT2D eigenvalue weighted by Gasteiger charge is 2.09. The number of carboxylic acids is 1. The fourth-order valence-corrected chi connectivity index (χ4v) is 2.67. The molecule has 2 aromatic rings. The molecule has 0 radical (unpaired) electrons. The van der Waals surface area contributed by atoms with E-state index in [0.29, 0.717) is 10.8 Å². The average Bonchev–Trinajstić information content (AvgIpc) is 2.88. The van der Waals surface area contributed by atoms with E-state index in [4.69, 9.17) is 5.11 Å². The summed E-state index contributed by atoms with van der Waals surface area (Å²) in [4.78, 5) is 12.2. The van der Waals surface area contributed by atoms with Gasteiger partial charge < -0.3 is 5.11 Å². The lowest BCUT2D eigenvalue weighted by molar-refractivity contribution is 0.0702. The highest BCUT2D eigenvalue weighted by Crippen LogP contribution is 2.29. The van der Waals surface area contributed by atoms with Crippen LogP contribution < -0.4 is 0 Å². The van der Waals surface area contributed by atoms with Crippen LogP contribution in [-0.4, -0.2) is 11.1 Å². The van der Waals surface area contributed by atoms with Crippen LogP contribution in [0.15, 0.2) is 36.4 Å². The summed E-state index contributed by atoms with van der Waals surface area (Å²) < 4.78 is 0. The molecule has 0 fully saturated rings. The molecule has 1 atom stereocenters. The standard InChI is InChI=1S/C15H16O2S/c1-3-10(2)11-4-6-12(7-5-11)13-8-9-14(18-13)15(16)17/h4-10H,3H2,1-2H3,(H,16,17). The second-order valence-corrected chi connectivity index (χ2v) is 5.48. The molecule has 0 amide bonds. The summed E-state index contributed by atoms with van der Waals surface area (Å²) >= 11 is 1.31. The van der Waals surface area contributed by atoms with Gasteiger partial charge in [0, 0.05) is 4.88 Å². The van der Waals surface area contributed by atoms with E-state index in [-0.39, 0.29) is 0 Å². The Bertz CT molecular complexity index is 540. The molecule has 94 valence electrons. The predicted molar refractivity (Wildman–Crippen MR) is 75.4 cm³/mol. The summed E-state index contributed by atoms with van der Waals surface area (Å²) in [6.07, 6.45) is 1.13. The second-order valence-electron chi connectivity index (χ2n) is 4.40. The normalized spacial score (nSPS) is 12.3. The number of carboxylic acid groups (broad SMARTS) is 1. The summed E-state index contributed by atoms with van der Waals surface area (Å²) in [5.41, 5.74) is 2.41. The Balaban J connectivity index is 2.25. The van der Waals surface area contributed by atoms with Crippen molar-refractivity contribution in [3.63, 3.8) is 0 Å². The second kappa shape index (κ2) is 5.36. The molecule has 0 saturated carbocycles. The minimum Gasteiger partial charge on any atom is -0.477 e. The number of hydrogen-bond donors (Lipinski definition) is 1. The van der Waals surface area contributed by atoms with Crippen LogP contribution in [0.2, 0.25) is 0 Å². The number of hydrogen-bond acceptors (Lipinski definition) is 2. The highest BCUT2D eigenvalue weighted by molar-refractivity contribution is 7.17. The Kier molecular flexibility index (Phi) is 3.82. The number of thiophene rings is 1. The summed E-state index contributed by atoms with van der Waals surface area (Å²) in [6, 6.07) is 11.9. The third-order valence-corrected chi connectivity index (χ3v) is 4.32. The van der Waals surface area contributed by atoms with Crippen molar-refractivity contribution in [1.29, 1.82) is 0 Å². The van der Waals surface area contributed by atoms with Crippen LogP contribution >= 0.6 is 11.3 Å². The van der Waals surface area contributed by atoms with Crippen LogP contribution in [0.1, 0.15) is 41.4 Å². The SMILES string of the molecule is CCC(C)c1ccc(-c2ccc(C(=O)O)s2)cc1. The van der Waals surface area contributed by atoms with Gasteiger partial charge in [-0.1, -0.05) is 38.1 Å². The van der Waals surface area contributed by atoms with Crippen molar-refractivity contribution < 1.29 is 9.90 Å². The zero-order chi connectivity index (χ0) is 13.1. The minimum absolute atomic E-state index is 0.385. The maximum Gasteiger partial charge on any atom is 0.345 e. The number of carbonyl (C=O) groups is 1. The molecule has 0 aliphatic rings. The summed E-state index contributed by atoms with van der Waals surface area (Å²) in [5, 5.41) is 8.90. The molecule has 0 saturated heterocycles. The van der Waals surface area contributed by atoms with Crippen LogP contribution in [0.4, 0.5) is 0 Å². The van der Waals surface area contributed by atoms with Crippen molar-refractivity contribution >= 4 is 17.3 Å². The quantitative estimate of drug-likeness (QED) is 0.870. The molecule has 1 aromatic heterocycles. The van der Waals surface area contributed by atoms with Crippen LogP contribution in [0.5, 0.6) is 0 Å². The fourth-order valence-electron chi connectivity index (χ4n) is 1.82. The van der Waals surface area contributed by atoms with Gasteiger partial charge in [0.25, 0.3) is 0 Å². The van der Waals surface area contributed by atoms with Crippen molar-refractivity contribution in [3.8, 4) is 10.4 Å². The molecule has 1 heterocycles. The molecule has 18 heavy (non-hydrogen) atoms. The van der Waals surface area contributed by atoms with Crippen LogP contribution in [0.3, 0.4) is 0 Å². The number of aromatic carboxylic acids is 1. The Morgan fingerprint density at radius 2 is 1.89 bits per heavy atom. The first kappa shape index (κ1) is 12.8. The van der Waals surface area contributed by atoms with Crippen molar-refractivity contribution in [2.24, 2.45) is 0 Å². The molecule has 3 heteroatoms. The summed E-state index contributed by atoms with van der Waals surface area (Å²) in [5.74, 6) is -0.292. The molecule has 1 N–H and O–H groups in total. The van der Waals surface area contributed by atoms with Crippen LogP contribution in [-0.2, 0) is 0 Å². The van der Waals surface area contributed by atoms with Crippen molar-refractivity contribution in [2.75, 3.05) is 0 Å². The lowest BCUT2D eigenvalue weighted by Gasteiger charge is -2.09. The predicted octanol–water partition coefficient (Wildman–Crippen LogP) is 4.63. The molecule has 0 spiro atoms. The monoisotopic (exact) mass is 260 g/mol. The zero-order valence-corrected chi connectivity index (χ0v) is 11.3. The van der Waals surface area contributed by atoms with Crippen LogP contribution in [0, 0.1) is 0 Å². The lowest BCUT2D eigenvalue weighted by Crippen LogP contribution is -1.90. The van der Waals surface area contributed by atoms with E-state index in [1.54, 1.807) is 6.07 Å². The molecule has 1 unspecified atom stereocenters. The van der Waals surface area contributed by atoms with E-state index in [1.165, 1.54) is 16.9 Å². The Morgan fingerprint density at radius 1 is 1.22 bits per heavy atom. The highest BCUT2D eigenvalue weighted by atomic mass is 32.1. The number of rotatable bonds is 4. The van der Waals surface area contributed by atoms with Gasteiger partial charge in [0.05, 0.1) is 0 Å². The molecule has 2 rings (SSSR count). The average molecular weight is 260 g/mol. The van der Waals surface area contributed by atoms with E-state index in [0.717, 1.165) is 16.9 Å². The molecular formula is C15H16O2S. The van der Waals surface area contributed by atoms with Crippen molar-refractivity contribution in [3.05, 3.63) is 46.8 Å². The summed E-state index contributed by atoms with van der Waals surface area (Å²) in [7, 11) is 0. The summed E-state index contributed by atoms with van der Waals surface area (Å²) in [6.45, 7) is 4.39. The van der Waals surface area contributed by atoms with Gasteiger partial charge in [-0.3, -0.25) is 0 Å². The van der Waals surface area contributed by atoms with Gasteiger partial charge in [0.15, 0.2) is 0 Å². The molecule has 1 aromatic carbocycles. The lowest BCUT2D eigenvalue weighted by atomic mass is 9.97. The van der Waals surface area contributed by atoms with E-state index < -0.39 is 5.97 Å². The third-order valence-electron chi connectivity index (χ3n) is 3.19. The zero-order valence-electron chi connectivity index (χ0n) is 10.5. The van der Waals surface area contributed by atoms with Gasteiger partial charge in [0.2, 0.25) is 0 Å². The molecular weight excluding hydrogens is 244 g/mol. The number of benzene rings is 1. The smallest absolute Gasteiger partial charge is 0.345 e. The van der Waals surface area contributed by atoms with Gasteiger partial charge >= 0.3 is 5.97 Å². The first-order valence-corrected chi connectivity index (χ1v) is 6.87. The van der Waals surface area contributed by atoms with E-state index in [1.807, 2.05) is 6.07 Å². The van der Waals surface area contributed by atoms with Gasteiger partial charge in [0.1, 0.15) is 4.88 Å². The largest absolute Gasteiger partial charge is 0.477 e. The maximum atomic E-state index is 10.8. The third kappa shape index (κ3) is 2.62. The van der Waals surface area contributed by atoms with E-state index >= 15 is 0 Å². The van der Waals surface area contributed by atoms with Gasteiger partial charge in [-0.15, -0.1) is 11.3 Å². The molecule has 2 nitrogen and oxygen atoms in total. The van der Waals surface area contributed by atoms with Gasteiger partial charge in [-0.2, -0.15) is 0 Å². The fraction of sp³-hybridized carbons (Fsp3) is 0.267. The van der Waals surface area contributed by atoms with Crippen molar-refractivity contribution in [2.45, 2.75) is 26.2 Å². The van der Waals surface area contributed by atoms with Gasteiger partial charge in [-0.25, -0.2) is 4.79 Å². The van der Waals surface area contributed by atoms with E-state index in [9.17, 15) is 4.79 Å². The topological polar surface area (TPSA) is 37.3 Å². The molecule has 0 bridgehead atoms. The van der Waals surface area contributed by atoms with Gasteiger partial charge in [-0.05, 0) is 35.6 Å². The minimum atomic E-state index is -0.859. The Morgan fingerprint density at radius 3 is 2.39 bits per heavy atom. The first-order valence-electron chi connectivity index (χ1n) is 6.05. The van der Waals surface area contributed by atoms with Crippen LogP contribution in [0.25, 0.3) is 10.4 Å². The maximum absolute atomic E-state index is 10.8. The Hall–Kier alpha value is -1.61.